The quantitative estimate of drug-likeness (QED) is 0.941. The Balaban J connectivity index is 2.09. The second-order valence-electron chi connectivity index (χ2n) is 5.73. The van der Waals surface area contributed by atoms with Gasteiger partial charge in [-0.25, -0.2) is 4.98 Å². The number of nitrogens with one attached hydrogen (secondary N) is 1. The Morgan fingerprint density at radius 1 is 1.10 bits per heavy atom. The third-order valence-corrected chi connectivity index (χ3v) is 3.00. The minimum Gasteiger partial charge on any atom is -0.481 e. The van der Waals surface area contributed by atoms with Crippen LogP contribution in [0, 0.1) is 0 Å². The lowest BCUT2D eigenvalue weighted by Gasteiger charge is -2.17. The van der Waals surface area contributed by atoms with Crippen LogP contribution >= 0.6 is 0 Å². The van der Waals surface area contributed by atoms with E-state index in [0.717, 1.165) is 5.69 Å². The van der Waals surface area contributed by atoms with Crippen LogP contribution in [-0.2, 0) is 5.41 Å². The molecule has 0 saturated heterocycles. The Bertz CT molecular complexity index is 613. The van der Waals surface area contributed by atoms with Crippen LogP contribution < -0.4 is 10.1 Å². The van der Waals surface area contributed by atoms with Crippen LogP contribution in [-0.4, -0.2) is 23.0 Å². The van der Waals surface area contributed by atoms with Gasteiger partial charge in [0.25, 0.3) is 5.91 Å². The van der Waals surface area contributed by atoms with Crippen molar-refractivity contribution in [3.8, 4) is 5.88 Å². The summed E-state index contributed by atoms with van der Waals surface area (Å²) < 4.78 is 4.97. The summed E-state index contributed by atoms with van der Waals surface area (Å²) >= 11 is 0. The first-order valence-electron chi connectivity index (χ1n) is 6.68. The number of aromatic nitrogens is 2. The number of ether oxygens (including phenoxy) is 1. The van der Waals surface area contributed by atoms with Crippen molar-refractivity contribution in [2.45, 2.75) is 26.2 Å². The third-order valence-electron chi connectivity index (χ3n) is 3.00. The summed E-state index contributed by atoms with van der Waals surface area (Å²) in [6.07, 6.45) is 3.14. The summed E-state index contributed by atoms with van der Waals surface area (Å²) in [5.41, 5.74) is 2.04. The highest BCUT2D eigenvalue weighted by molar-refractivity contribution is 6.03. The van der Waals surface area contributed by atoms with Crippen molar-refractivity contribution in [3.05, 3.63) is 47.9 Å². The first-order chi connectivity index (χ1) is 9.90. The number of hydrogen-bond donors (Lipinski definition) is 1. The van der Waals surface area contributed by atoms with Gasteiger partial charge in [0.15, 0.2) is 0 Å². The lowest BCUT2D eigenvalue weighted by molar-refractivity contribution is 0.102. The molecule has 21 heavy (non-hydrogen) atoms. The summed E-state index contributed by atoms with van der Waals surface area (Å²) in [5.74, 6) is 0.291. The van der Waals surface area contributed by atoms with Crippen molar-refractivity contribution in [2.75, 3.05) is 12.4 Å². The highest BCUT2D eigenvalue weighted by Crippen LogP contribution is 2.20. The summed E-state index contributed by atoms with van der Waals surface area (Å²) in [7, 11) is 1.54. The molecule has 0 saturated carbocycles. The van der Waals surface area contributed by atoms with E-state index in [4.69, 9.17) is 4.74 Å². The molecule has 2 rings (SSSR count). The first kappa shape index (κ1) is 15.0. The van der Waals surface area contributed by atoms with Gasteiger partial charge in [-0.3, -0.25) is 9.78 Å². The molecular formula is C16H19N3O2. The molecule has 1 N–H and O–H groups in total. The molecule has 2 heterocycles. The normalized spacial score (nSPS) is 11.0. The van der Waals surface area contributed by atoms with Gasteiger partial charge < -0.3 is 10.1 Å². The van der Waals surface area contributed by atoms with Crippen LogP contribution in [0.15, 0.2) is 36.7 Å². The monoisotopic (exact) mass is 285 g/mol. The van der Waals surface area contributed by atoms with E-state index in [9.17, 15) is 4.79 Å². The zero-order valence-electron chi connectivity index (χ0n) is 12.7. The van der Waals surface area contributed by atoms with E-state index >= 15 is 0 Å². The maximum atomic E-state index is 12.1. The minimum absolute atomic E-state index is 0.0328. The van der Waals surface area contributed by atoms with E-state index in [-0.39, 0.29) is 11.3 Å². The second kappa shape index (κ2) is 5.91. The Kier molecular flexibility index (Phi) is 4.21. The number of rotatable bonds is 3. The SMILES string of the molecule is COc1ccc(NC(=O)c2ccc(C(C)(C)C)nc2)cn1. The largest absolute Gasteiger partial charge is 0.481 e. The minimum atomic E-state index is -0.213. The van der Waals surface area contributed by atoms with E-state index in [0.29, 0.717) is 17.1 Å². The molecule has 0 atom stereocenters. The zero-order valence-corrected chi connectivity index (χ0v) is 12.7. The molecule has 0 aliphatic carbocycles. The van der Waals surface area contributed by atoms with Gasteiger partial charge in [0.2, 0.25) is 5.88 Å². The molecule has 0 fully saturated rings. The van der Waals surface area contributed by atoms with Crippen molar-refractivity contribution in [1.82, 2.24) is 9.97 Å². The van der Waals surface area contributed by atoms with E-state index < -0.39 is 0 Å². The van der Waals surface area contributed by atoms with Crippen LogP contribution in [0.3, 0.4) is 0 Å². The van der Waals surface area contributed by atoms with Gasteiger partial charge in [-0.15, -0.1) is 0 Å². The molecule has 1 amide bonds. The van der Waals surface area contributed by atoms with E-state index in [2.05, 4.69) is 36.1 Å². The summed E-state index contributed by atoms with van der Waals surface area (Å²) in [4.78, 5) is 20.5. The average molecular weight is 285 g/mol. The molecule has 0 unspecified atom stereocenters. The summed E-state index contributed by atoms with van der Waals surface area (Å²) in [5, 5.41) is 2.77. The Morgan fingerprint density at radius 3 is 2.33 bits per heavy atom. The number of hydrogen-bond acceptors (Lipinski definition) is 4. The molecule has 5 nitrogen and oxygen atoms in total. The lowest BCUT2D eigenvalue weighted by atomic mass is 9.91. The molecule has 110 valence electrons. The van der Waals surface area contributed by atoms with Gasteiger partial charge >= 0.3 is 0 Å². The Labute approximate surface area is 124 Å². The fourth-order valence-corrected chi connectivity index (χ4v) is 1.75. The van der Waals surface area contributed by atoms with Gasteiger partial charge in [0.1, 0.15) is 0 Å². The molecule has 0 radical (unpaired) electrons. The van der Waals surface area contributed by atoms with Crippen molar-refractivity contribution in [1.29, 1.82) is 0 Å². The second-order valence-corrected chi connectivity index (χ2v) is 5.73. The third kappa shape index (κ3) is 3.78. The lowest BCUT2D eigenvalue weighted by Crippen LogP contribution is -2.16. The van der Waals surface area contributed by atoms with Crippen molar-refractivity contribution < 1.29 is 9.53 Å². The fraction of sp³-hybridized carbons (Fsp3) is 0.312. The molecule has 0 aliphatic heterocycles. The highest BCUT2D eigenvalue weighted by atomic mass is 16.5. The average Bonchev–Trinajstić information content (AvgIpc) is 2.47. The number of carbonyl (C=O) groups excluding carboxylic acids is 1. The van der Waals surface area contributed by atoms with Crippen molar-refractivity contribution in [2.24, 2.45) is 0 Å². The van der Waals surface area contributed by atoms with Gasteiger partial charge in [-0.1, -0.05) is 20.8 Å². The fourth-order valence-electron chi connectivity index (χ4n) is 1.75. The van der Waals surface area contributed by atoms with Gasteiger partial charge in [0.05, 0.1) is 24.6 Å². The molecule has 2 aromatic heterocycles. The molecule has 5 heteroatoms. The van der Waals surface area contributed by atoms with Gasteiger partial charge in [-0.2, -0.15) is 0 Å². The number of amides is 1. The highest BCUT2D eigenvalue weighted by Gasteiger charge is 2.16. The van der Waals surface area contributed by atoms with Gasteiger partial charge in [-0.05, 0) is 18.2 Å². The molecule has 2 aromatic rings. The summed E-state index contributed by atoms with van der Waals surface area (Å²) in [6.45, 7) is 6.24. The topological polar surface area (TPSA) is 64.1 Å². The van der Waals surface area contributed by atoms with E-state index in [1.165, 1.54) is 0 Å². The molecule has 0 aromatic carbocycles. The maximum absolute atomic E-state index is 12.1. The number of pyridine rings is 2. The van der Waals surface area contributed by atoms with Crippen LogP contribution in [0.4, 0.5) is 5.69 Å². The number of carbonyl (C=O) groups is 1. The van der Waals surface area contributed by atoms with Crippen molar-refractivity contribution >= 4 is 11.6 Å². The Hall–Kier alpha value is -2.43. The number of methoxy groups -OCH3 is 1. The zero-order chi connectivity index (χ0) is 15.5. The van der Waals surface area contributed by atoms with Crippen LogP contribution in [0.25, 0.3) is 0 Å². The number of nitrogens with zero attached hydrogens (tertiary/aromatic N) is 2. The molecule has 0 spiro atoms. The number of anilines is 1. The van der Waals surface area contributed by atoms with Crippen LogP contribution in [0.2, 0.25) is 0 Å². The Morgan fingerprint density at radius 2 is 1.86 bits per heavy atom. The predicted molar refractivity (Wildman–Crippen MR) is 81.7 cm³/mol. The predicted octanol–water partition coefficient (Wildman–Crippen LogP) is 3.04. The smallest absolute Gasteiger partial charge is 0.257 e. The van der Waals surface area contributed by atoms with E-state index in [1.54, 1.807) is 37.7 Å². The molecule has 0 aliphatic rings. The first-order valence-corrected chi connectivity index (χ1v) is 6.68. The van der Waals surface area contributed by atoms with E-state index in [1.807, 2.05) is 6.07 Å². The standard InChI is InChI=1S/C16H19N3O2/c1-16(2,3)13-7-5-11(9-17-13)15(20)19-12-6-8-14(21-4)18-10-12/h5-10H,1-4H3,(H,19,20). The summed E-state index contributed by atoms with van der Waals surface area (Å²) in [6, 6.07) is 7.08. The van der Waals surface area contributed by atoms with Crippen molar-refractivity contribution in [3.63, 3.8) is 0 Å². The van der Waals surface area contributed by atoms with Gasteiger partial charge in [0, 0.05) is 23.4 Å². The van der Waals surface area contributed by atoms with Crippen LogP contribution in [0.5, 0.6) is 5.88 Å². The maximum Gasteiger partial charge on any atom is 0.257 e. The van der Waals surface area contributed by atoms with Crippen LogP contribution in [0.1, 0.15) is 36.8 Å². The molecule has 0 bridgehead atoms. The molecular weight excluding hydrogens is 266 g/mol.